The summed E-state index contributed by atoms with van der Waals surface area (Å²) in [6.07, 6.45) is 0. The summed E-state index contributed by atoms with van der Waals surface area (Å²) in [6, 6.07) is 4.19. The molecule has 1 heterocycles. The molecule has 0 atom stereocenters. The van der Waals surface area contributed by atoms with Crippen molar-refractivity contribution in [3.8, 4) is 0 Å². The standard InChI is InChI=1S/C8H7FN2O/c9-5-1-2-6-7(3-5)12-8(4-10)11-6/h1-3H,4,10H2. The van der Waals surface area contributed by atoms with E-state index in [4.69, 9.17) is 10.2 Å². The molecule has 0 bridgehead atoms. The van der Waals surface area contributed by atoms with Crippen molar-refractivity contribution in [3.05, 3.63) is 29.9 Å². The number of aromatic nitrogens is 1. The summed E-state index contributed by atoms with van der Waals surface area (Å²) in [6.45, 7) is 0.232. The third-order valence-electron chi connectivity index (χ3n) is 1.57. The molecule has 4 heteroatoms. The molecule has 0 aliphatic heterocycles. The molecule has 0 fully saturated rings. The van der Waals surface area contributed by atoms with Crippen LogP contribution in [-0.4, -0.2) is 4.98 Å². The smallest absolute Gasteiger partial charge is 0.209 e. The zero-order valence-corrected chi connectivity index (χ0v) is 6.25. The Hall–Kier alpha value is -1.42. The van der Waals surface area contributed by atoms with E-state index in [1.54, 1.807) is 6.07 Å². The van der Waals surface area contributed by atoms with Crippen LogP contribution in [0.1, 0.15) is 5.89 Å². The number of benzene rings is 1. The van der Waals surface area contributed by atoms with Gasteiger partial charge in [0.05, 0.1) is 6.54 Å². The Morgan fingerprint density at radius 2 is 2.33 bits per heavy atom. The van der Waals surface area contributed by atoms with Crippen LogP contribution in [0.15, 0.2) is 22.6 Å². The Labute approximate surface area is 68.0 Å². The minimum atomic E-state index is -0.331. The van der Waals surface area contributed by atoms with Crippen molar-refractivity contribution in [1.29, 1.82) is 0 Å². The lowest BCUT2D eigenvalue weighted by atomic mass is 10.3. The van der Waals surface area contributed by atoms with Crippen molar-refractivity contribution < 1.29 is 8.81 Å². The van der Waals surface area contributed by atoms with Crippen molar-refractivity contribution in [2.75, 3.05) is 0 Å². The number of fused-ring (bicyclic) bond motifs is 1. The second kappa shape index (κ2) is 2.57. The maximum Gasteiger partial charge on any atom is 0.209 e. The molecule has 0 saturated heterocycles. The summed E-state index contributed by atoms with van der Waals surface area (Å²) >= 11 is 0. The van der Waals surface area contributed by atoms with Crippen LogP contribution in [0, 0.1) is 5.82 Å². The molecule has 0 amide bonds. The first-order valence-corrected chi connectivity index (χ1v) is 3.54. The van der Waals surface area contributed by atoms with Gasteiger partial charge in [0.2, 0.25) is 5.89 Å². The van der Waals surface area contributed by atoms with Crippen molar-refractivity contribution >= 4 is 11.1 Å². The second-order valence-corrected chi connectivity index (χ2v) is 2.42. The van der Waals surface area contributed by atoms with Gasteiger partial charge < -0.3 is 10.2 Å². The Balaban J connectivity index is 2.67. The summed E-state index contributed by atoms with van der Waals surface area (Å²) in [5.41, 5.74) is 6.38. The average Bonchev–Trinajstić information content (AvgIpc) is 2.46. The van der Waals surface area contributed by atoms with E-state index in [1.165, 1.54) is 12.1 Å². The van der Waals surface area contributed by atoms with Crippen molar-refractivity contribution in [2.45, 2.75) is 6.54 Å². The first-order valence-electron chi connectivity index (χ1n) is 3.54. The van der Waals surface area contributed by atoms with Gasteiger partial charge in [-0.2, -0.15) is 0 Å². The van der Waals surface area contributed by atoms with Gasteiger partial charge in [-0.05, 0) is 12.1 Å². The molecule has 0 saturated carbocycles. The Kier molecular flexibility index (Phi) is 1.55. The van der Waals surface area contributed by atoms with Gasteiger partial charge in [-0.3, -0.25) is 0 Å². The lowest BCUT2D eigenvalue weighted by Gasteiger charge is -1.84. The van der Waals surface area contributed by atoms with Gasteiger partial charge in [-0.15, -0.1) is 0 Å². The molecule has 0 spiro atoms. The highest BCUT2D eigenvalue weighted by Crippen LogP contribution is 2.15. The molecule has 3 nitrogen and oxygen atoms in total. The number of halogens is 1. The van der Waals surface area contributed by atoms with Crippen molar-refractivity contribution in [2.24, 2.45) is 5.73 Å². The third-order valence-corrected chi connectivity index (χ3v) is 1.57. The van der Waals surface area contributed by atoms with Gasteiger partial charge >= 0.3 is 0 Å². The fraction of sp³-hybridized carbons (Fsp3) is 0.125. The number of hydrogen-bond donors (Lipinski definition) is 1. The van der Waals surface area contributed by atoms with Crippen LogP contribution in [0.25, 0.3) is 11.1 Å². The highest BCUT2D eigenvalue weighted by molar-refractivity contribution is 5.72. The van der Waals surface area contributed by atoms with E-state index in [2.05, 4.69) is 4.98 Å². The predicted molar refractivity (Wildman–Crippen MR) is 41.9 cm³/mol. The largest absolute Gasteiger partial charge is 0.439 e. The quantitative estimate of drug-likeness (QED) is 0.697. The van der Waals surface area contributed by atoms with Gasteiger partial charge in [0.1, 0.15) is 11.3 Å². The van der Waals surface area contributed by atoms with Crippen LogP contribution >= 0.6 is 0 Å². The summed E-state index contributed by atoms with van der Waals surface area (Å²) in [5.74, 6) is 0.0952. The molecular formula is C8H7FN2O. The van der Waals surface area contributed by atoms with E-state index < -0.39 is 0 Å². The topological polar surface area (TPSA) is 52.0 Å². The summed E-state index contributed by atoms with van der Waals surface area (Å²) in [4.78, 5) is 4.01. The molecular weight excluding hydrogens is 159 g/mol. The number of nitrogens with zero attached hydrogens (tertiary/aromatic N) is 1. The highest BCUT2D eigenvalue weighted by atomic mass is 19.1. The monoisotopic (exact) mass is 166 g/mol. The second-order valence-electron chi connectivity index (χ2n) is 2.42. The predicted octanol–water partition coefficient (Wildman–Crippen LogP) is 1.43. The first kappa shape index (κ1) is 7.24. The first-order chi connectivity index (χ1) is 5.79. The van der Waals surface area contributed by atoms with Crippen molar-refractivity contribution in [1.82, 2.24) is 4.98 Å². The van der Waals surface area contributed by atoms with Crippen LogP contribution in [0.4, 0.5) is 4.39 Å². The average molecular weight is 166 g/mol. The molecule has 0 aliphatic rings. The van der Waals surface area contributed by atoms with Crippen molar-refractivity contribution in [3.63, 3.8) is 0 Å². The maximum atomic E-state index is 12.6. The van der Waals surface area contributed by atoms with Gasteiger partial charge in [-0.25, -0.2) is 9.37 Å². The van der Waals surface area contributed by atoms with Gasteiger partial charge in [-0.1, -0.05) is 0 Å². The molecule has 1 aromatic heterocycles. The third kappa shape index (κ3) is 1.06. The number of hydrogen-bond acceptors (Lipinski definition) is 3. The Morgan fingerprint density at radius 1 is 1.50 bits per heavy atom. The van der Waals surface area contributed by atoms with Crippen LogP contribution in [-0.2, 0) is 6.54 Å². The molecule has 0 unspecified atom stereocenters. The highest BCUT2D eigenvalue weighted by Gasteiger charge is 2.03. The zero-order chi connectivity index (χ0) is 8.55. The van der Waals surface area contributed by atoms with E-state index in [0.29, 0.717) is 17.0 Å². The molecule has 1 aromatic carbocycles. The fourth-order valence-electron chi connectivity index (χ4n) is 1.03. The molecule has 2 aromatic rings. The van der Waals surface area contributed by atoms with Crippen LogP contribution in [0.5, 0.6) is 0 Å². The molecule has 0 aliphatic carbocycles. The molecule has 62 valence electrons. The minimum Gasteiger partial charge on any atom is -0.439 e. The molecule has 12 heavy (non-hydrogen) atoms. The Bertz CT molecular complexity index is 410. The Morgan fingerprint density at radius 3 is 3.08 bits per heavy atom. The van der Waals surface area contributed by atoms with E-state index in [1.807, 2.05) is 0 Å². The SMILES string of the molecule is NCc1nc2ccc(F)cc2o1. The van der Waals surface area contributed by atoms with E-state index in [9.17, 15) is 4.39 Å². The maximum absolute atomic E-state index is 12.6. The molecule has 2 rings (SSSR count). The van der Waals surface area contributed by atoms with E-state index >= 15 is 0 Å². The summed E-state index contributed by atoms with van der Waals surface area (Å²) in [7, 11) is 0. The van der Waals surface area contributed by atoms with E-state index in [-0.39, 0.29) is 12.4 Å². The van der Waals surface area contributed by atoms with Crippen LogP contribution < -0.4 is 5.73 Å². The van der Waals surface area contributed by atoms with Crippen LogP contribution in [0.3, 0.4) is 0 Å². The lowest BCUT2D eigenvalue weighted by molar-refractivity contribution is 0.530. The van der Waals surface area contributed by atoms with E-state index in [0.717, 1.165) is 0 Å². The summed E-state index contributed by atoms with van der Waals surface area (Å²) in [5, 5.41) is 0. The number of rotatable bonds is 1. The fourth-order valence-corrected chi connectivity index (χ4v) is 1.03. The van der Waals surface area contributed by atoms with Gasteiger partial charge in [0.25, 0.3) is 0 Å². The number of oxazole rings is 1. The van der Waals surface area contributed by atoms with Crippen LogP contribution in [0.2, 0.25) is 0 Å². The van der Waals surface area contributed by atoms with Gasteiger partial charge in [0, 0.05) is 6.07 Å². The molecule has 2 N–H and O–H groups in total. The number of nitrogens with two attached hydrogens (primary N) is 1. The lowest BCUT2D eigenvalue weighted by Crippen LogP contribution is -1.94. The summed E-state index contributed by atoms with van der Waals surface area (Å²) < 4.78 is 17.8. The van der Waals surface area contributed by atoms with Gasteiger partial charge in [0.15, 0.2) is 5.58 Å². The minimum absolute atomic E-state index is 0.232. The normalized spacial score (nSPS) is 10.8. The molecule has 0 radical (unpaired) electrons. The zero-order valence-electron chi connectivity index (χ0n) is 6.25.